The van der Waals surface area contributed by atoms with Crippen LogP contribution in [0.5, 0.6) is 5.75 Å². The number of phenolic OH excluding ortho intramolecular Hbond substituents is 1. The molecule has 0 heterocycles. The van der Waals surface area contributed by atoms with Crippen LogP contribution in [0.15, 0.2) is 24.3 Å². The van der Waals surface area contributed by atoms with Crippen LogP contribution in [-0.4, -0.2) is 36.1 Å². The predicted molar refractivity (Wildman–Crippen MR) is 65.1 cm³/mol. The van der Waals surface area contributed by atoms with Gasteiger partial charge in [0.15, 0.2) is 0 Å². The van der Waals surface area contributed by atoms with E-state index >= 15 is 0 Å². The molecule has 0 bridgehead atoms. The monoisotopic (exact) mass is 287 g/mol. The van der Waals surface area contributed by atoms with Gasteiger partial charge in [0.1, 0.15) is 5.75 Å². The Balaban J connectivity index is 2.30. The third kappa shape index (κ3) is 4.63. The third-order valence-electron chi connectivity index (χ3n) is 1.86. The summed E-state index contributed by atoms with van der Waals surface area (Å²) >= 11 is 3.23. The van der Waals surface area contributed by atoms with Gasteiger partial charge in [-0.25, -0.2) is 0 Å². The first-order valence-corrected chi connectivity index (χ1v) is 6.07. The summed E-state index contributed by atoms with van der Waals surface area (Å²) in [6.07, 6.45) is 0. The number of carbonyl (C=O) groups is 1. The molecule has 0 aromatic heterocycles. The molecule has 1 amide bonds. The van der Waals surface area contributed by atoms with Crippen molar-refractivity contribution in [2.75, 3.05) is 25.1 Å². The number of alkyl halides is 1. The lowest BCUT2D eigenvalue weighted by atomic mass is 10.2. The molecule has 0 fully saturated rings. The summed E-state index contributed by atoms with van der Waals surface area (Å²) in [6.45, 7) is 1.57. The Hall–Kier alpha value is -1.07. The fourth-order valence-electron chi connectivity index (χ4n) is 1.14. The standard InChI is InChI=1S/C11H14BrNO3/c12-4-6-16-7-5-13-11(15)9-2-1-3-10(14)8-9/h1-3,8,14H,4-7H2,(H,13,15). The van der Waals surface area contributed by atoms with Crippen molar-refractivity contribution in [1.29, 1.82) is 0 Å². The molecule has 16 heavy (non-hydrogen) atoms. The second kappa shape index (κ2) is 7.24. The maximum absolute atomic E-state index is 11.5. The second-order valence-corrected chi connectivity index (χ2v) is 3.90. The normalized spacial score (nSPS) is 10.1. The smallest absolute Gasteiger partial charge is 0.251 e. The molecule has 88 valence electrons. The van der Waals surface area contributed by atoms with Gasteiger partial charge in [-0.1, -0.05) is 22.0 Å². The first-order chi connectivity index (χ1) is 7.74. The van der Waals surface area contributed by atoms with Crippen LogP contribution in [0.3, 0.4) is 0 Å². The van der Waals surface area contributed by atoms with Crippen LogP contribution in [0.2, 0.25) is 0 Å². The number of carbonyl (C=O) groups excluding carboxylic acids is 1. The number of halogens is 1. The lowest BCUT2D eigenvalue weighted by molar-refractivity contribution is 0.0924. The fraction of sp³-hybridized carbons (Fsp3) is 0.364. The molecule has 0 aliphatic heterocycles. The number of ether oxygens (including phenoxy) is 1. The molecule has 0 atom stereocenters. The van der Waals surface area contributed by atoms with Crippen molar-refractivity contribution < 1.29 is 14.6 Å². The van der Waals surface area contributed by atoms with Gasteiger partial charge in [0.05, 0.1) is 13.2 Å². The van der Waals surface area contributed by atoms with E-state index in [1.807, 2.05) is 0 Å². The van der Waals surface area contributed by atoms with Crippen molar-refractivity contribution in [3.63, 3.8) is 0 Å². The highest BCUT2D eigenvalue weighted by molar-refractivity contribution is 9.09. The fourth-order valence-corrected chi connectivity index (χ4v) is 1.37. The Morgan fingerprint density at radius 2 is 2.25 bits per heavy atom. The van der Waals surface area contributed by atoms with Crippen molar-refractivity contribution in [2.24, 2.45) is 0 Å². The van der Waals surface area contributed by atoms with Crippen LogP contribution < -0.4 is 5.32 Å². The molecule has 4 nitrogen and oxygen atoms in total. The summed E-state index contributed by atoms with van der Waals surface area (Å²) in [4.78, 5) is 11.5. The first kappa shape index (κ1) is 13.0. The SMILES string of the molecule is O=C(NCCOCCBr)c1cccc(O)c1. The number of phenols is 1. The van der Waals surface area contributed by atoms with Crippen LogP contribution in [-0.2, 0) is 4.74 Å². The summed E-state index contributed by atoms with van der Waals surface area (Å²) < 4.78 is 5.18. The van der Waals surface area contributed by atoms with Gasteiger partial charge in [-0.3, -0.25) is 4.79 Å². The molecule has 2 N–H and O–H groups in total. The molecule has 0 unspecified atom stereocenters. The molecule has 1 rings (SSSR count). The number of hydrogen-bond donors (Lipinski definition) is 2. The van der Waals surface area contributed by atoms with E-state index < -0.39 is 0 Å². The zero-order valence-electron chi connectivity index (χ0n) is 8.78. The Morgan fingerprint density at radius 3 is 2.94 bits per heavy atom. The van der Waals surface area contributed by atoms with Crippen LogP contribution in [0.1, 0.15) is 10.4 Å². The molecule has 5 heteroatoms. The minimum atomic E-state index is -0.210. The van der Waals surface area contributed by atoms with E-state index in [0.717, 1.165) is 5.33 Å². The van der Waals surface area contributed by atoms with Crippen molar-refractivity contribution in [2.45, 2.75) is 0 Å². The largest absolute Gasteiger partial charge is 0.508 e. The summed E-state index contributed by atoms with van der Waals surface area (Å²) in [5, 5.41) is 12.7. The molecule has 0 radical (unpaired) electrons. The topological polar surface area (TPSA) is 58.6 Å². The summed E-state index contributed by atoms with van der Waals surface area (Å²) in [5.74, 6) is -0.124. The van der Waals surface area contributed by atoms with Crippen molar-refractivity contribution in [3.05, 3.63) is 29.8 Å². The van der Waals surface area contributed by atoms with Gasteiger partial charge < -0.3 is 15.2 Å². The zero-order valence-corrected chi connectivity index (χ0v) is 10.4. The highest BCUT2D eigenvalue weighted by Gasteiger charge is 2.04. The van der Waals surface area contributed by atoms with Crippen LogP contribution >= 0.6 is 15.9 Å². The molecular weight excluding hydrogens is 274 g/mol. The summed E-state index contributed by atoms with van der Waals surface area (Å²) in [7, 11) is 0. The van der Waals surface area contributed by atoms with Crippen molar-refractivity contribution in [3.8, 4) is 5.75 Å². The molecule has 0 spiro atoms. The van der Waals surface area contributed by atoms with Gasteiger partial charge in [0, 0.05) is 17.4 Å². The van der Waals surface area contributed by atoms with Gasteiger partial charge >= 0.3 is 0 Å². The van der Waals surface area contributed by atoms with E-state index in [4.69, 9.17) is 4.74 Å². The minimum absolute atomic E-state index is 0.0863. The van der Waals surface area contributed by atoms with Gasteiger partial charge in [0.2, 0.25) is 0 Å². The molecule has 0 aliphatic carbocycles. The van der Waals surface area contributed by atoms with Gasteiger partial charge in [-0.15, -0.1) is 0 Å². The van der Waals surface area contributed by atoms with Gasteiger partial charge in [0.25, 0.3) is 5.91 Å². The van der Waals surface area contributed by atoms with Crippen LogP contribution in [0, 0.1) is 0 Å². The summed E-state index contributed by atoms with van der Waals surface area (Å²) in [5.41, 5.74) is 0.445. The maximum atomic E-state index is 11.5. The Morgan fingerprint density at radius 1 is 1.44 bits per heavy atom. The van der Waals surface area contributed by atoms with Crippen LogP contribution in [0.4, 0.5) is 0 Å². The molecular formula is C11H14BrNO3. The Kier molecular flexibility index (Phi) is 5.88. The highest BCUT2D eigenvalue weighted by atomic mass is 79.9. The number of rotatable bonds is 6. The van der Waals surface area contributed by atoms with Gasteiger partial charge in [-0.05, 0) is 18.2 Å². The highest BCUT2D eigenvalue weighted by Crippen LogP contribution is 2.10. The van der Waals surface area contributed by atoms with E-state index in [1.54, 1.807) is 12.1 Å². The van der Waals surface area contributed by atoms with Crippen molar-refractivity contribution in [1.82, 2.24) is 5.32 Å². The molecule has 0 aliphatic rings. The van der Waals surface area contributed by atoms with Crippen molar-refractivity contribution >= 4 is 21.8 Å². The second-order valence-electron chi connectivity index (χ2n) is 3.11. The number of amides is 1. The average Bonchev–Trinajstić information content (AvgIpc) is 2.28. The molecule has 1 aromatic carbocycles. The third-order valence-corrected chi connectivity index (χ3v) is 2.19. The van der Waals surface area contributed by atoms with Gasteiger partial charge in [-0.2, -0.15) is 0 Å². The van der Waals surface area contributed by atoms with E-state index in [9.17, 15) is 9.90 Å². The molecule has 0 saturated heterocycles. The number of hydrogen-bond acceptors (Lipinski definition) is 3. The van der Waals surface area contributed by atoms with E-state index in [-0.39, 0.29) is 11.7 Å². The Bertz CT molecular complexity index is 344. The minimum Gasteiger partial charge on any atom is -0.508 e. The number of nitrogens with one attached hydrogen (secondary N) is 1. The van der Waals surface area contributed by atoms with Crippen LogP contribution in [0.25, 0.3) is 0 Å². The average molecular weight is 288 g/mol. The quantitative estimate of drug-likeness (QED) is 0.616. The molecule has 0 saturated carbocycles. The maximum Gasteiger partial charge on any atom is 0.251 e. The molecule has 1 aromatic rings. The number of aromatic hydroxyl groups is 1. The lowest BCUT2D eigenvalue weighted by Crippen LogP contribution is -2.27. The van der Waals surface area contributed by atoms with E-state index in [0.29, 0.717) is 25.3 Å². The zero-order chi connectivity index (χ0) is 11.8. The summed E-state index contributed by atoms with van der Waals surface area (Å²) in [6, 6.07) is 6.23. The Labute approximate surface area is 103 Å². The lowest BCUT2D eigenvalue weighted by Gasteiger charge is -2.05. The first-order valence-electron chi connectivity index (χ1n) is 4.95. The van der Waals surface area contributed by atoms with E-state index in [1.165, 1.54) is 12.1 Å². The number of benzene rings is 1. The predicted octanol–water partition coefficient (Wildman–Crippen LogP) is 1.53. The van der Waals surface area contributed by atoms with E-state index in [2.05, 4.69) is 21.2 Å².